The Labute approximate surface area is 107 Å². The van der Waals surface area contributed by atoms with Crippen molar-refractivity contribution < 1.29 is 9.18 Å². The van der Waals surface area contributed by atoms with Crippen molar-refractivity contribution in [2.24, 2.45) is 5.92 Å². The Balaban J connectivity index is 2.91. The highest BCUT2D eigenvalue weighted by atomic mass is 79.9. The molecular formula is C11H12BrClFNO. The minimum Gasteiger partial charge on any atom is -0.352 e. The molecule has 1 aromatic carbocycles. The molecule has 0 saturated heterocycles. The van der Waals surface area contributed by atoms with Gasteiger partial charge in [0.1, 0.15) is 5.82 Å². The van der Waals surface area contributed by atoms with Gasteiger partial charge in [-0.25, -0.2) is 4.39 Å². The van der Waals surface area contributed by atoms with E-state index in [2.05, 4.69) is 21.2 Å². The van der Waals surface area contributed by atoms with Gasteiger partial charge in [-0.05, 0) is 34.0 Å². The van der Waals surface area contributed by atoms with Gasteiger partial charge in [0.25, 0.3) is 5.91 Å². The van der Waals surface area contributed by atoms with Crippen LogP contribution in [0.4, 0.5) is 4.39 Å². The number of amides is 1. The van der Waals surface area contributed by atoms with Crippen molar-refractivity contribution in [3.63, 3.8) is 0 Å². The zero-order valence-corrected chi connectivity index (χ0v) is 11.3. The van der Waals surface area contributed by atoms with Crippen LogP contribution in [-0.2, 0) is 0 Å². The number of hydrogen-bond acceptors (Lipinski definition) is 1. The van der Waals surface area contributed by atoms with Crippen molar-refractivity contribution in [1.82, 2.24) is 5.32 Å². The molecule has 0 spiro atoms. The summed E-state index contributed by atoms with van der Waals surface area (Å²) in [6, 6.07) is 2.35. The standard InChI is InChI=1S/C11H12BrClFNO/c1-6(2)5-15-11(16)8-3-7(14)4-9(12)10(8)13/h3-4,6H,5H2,1-2H3,(H,15,16). The summed E-state index contributed by atoms with van der Waals surface area (Å²) in [4.78, 5) is 11.7. The van der Waals surface area contributed by atoms with Crippen LogP contribution in [0.3, 0.4) is 0 Å². The minimum absolute atomic E-state index is 0.147. The lowest BCUT2D eigenvalue weighted by Crippen LogP contribution is -2.27. The summed E-state index contributed by atoms with van der Waals surface area (Å²) in [6.07, 6.45) is 0. The fourth-order valence-corrected chi connectivity index (χ4v) is 1.74. The molecule has 0 aliphatic carbocycles. The van der Waals surface area contributed by atoms with E-state index >= 15 is 0 Å². The topological polar surface area (TPSA) is 29.1 Å². The normalized spacial score (nSPS) is 10.6. The average molecular weight is 309 g/mol. The quantitative estimate of drug-likeness (QED) is 0.849. The molecule has 2 nitrogen and oxygen atoms in total. The number of carbonyl (C=O) groups excluding carboxylic acids is 1. The fourth-order valence-electron chi connectivity index (χ4n) is 1.11. The molecule has 0 heterocycles. The summed E-state index contributed by atoms with van der Waals surface area (Å²) in [7, 11) is 0. The van der Waals surface area contributed by atoms with E-state index in [1.54, 1.807) is 0 Å². The lowest BCUT2D eigenvalue weighted by Gasteiger charge is -2.09. The van der Waals surface area contributed by atoms with Crippen molar-refractivity contribution in [2.45, 2.75) is 13.8 Å². The number of nitrogens with one attached hydrogen (secondary N) is 1. The van der Waals surface area contributed by atoms with E-state index in [0.717, 1.165) is 6.07 Å². The molecule has 0 unspecified atom stereocenters. The van der Waals surface area contributed by atoms with E-state index in [-0.39, 0.29) is 16.5 Å². The first-order valence-electron chi connectivity index (χ1n) is 4.84. The van der Waals surface area contributed by atoms with Crippen molar-refractivity contribution in [1.29, 1.82) is 0 Å². The molecule has 1 rings (SSSR count). The van der Waals surface area contributed by atoms with Crippen LogP contribution in [0.25, 0.3) is 0 Å². The molecule has 1 aromatic rings. The molecule has 88 valence electrons. The van der Waals surface area contributed by atoms with Crippen molar-refractivity contribution in [3.05, 3.63) is 33.0 Å². The first-order valence-corrected chi connectivity index (χ1v) is 6.01. The van der Waals surface area contributed by atoms with Gasteiger partial charge in [0.15, 0.2) is 0 Å². The maximum absolute atomic E-state index is 13.1. The van der Waals surface area contributed by atoms with Gasteiger partial charge in [0.2, 0.25) is 0 Å². The zero-order chi connectivity index (χ0) is 12.3. The molecule has 5 heteroatoms. The summed E-state index contributed by atoms with van der Waals surface area (Å²) < 4.78 is 13.5. The van der Waals surface area contributed by atoms with E-state index in [4.69, 9.17) is 11.6 Å². The number of rotatable bonds is 3. The molecular weight excluding hydrogens is 296 g/mol. The molecule has 0 aliphatic heterocycles. The first-order chi connectivity index (χ1) is 7.41. The number of halogens is 3. The molecule has 0 saturated carbocycles. The maximum atomic E-state index is 13.1. The Morgan fingerprint density at radius 3 is 2.75 bits per heavy atom. The summed E-state index contributed by atoms with van der Waals surface area (Å²) >= 11 is 8.99. The van der Waals surface area contributed by atoms with Crippen LogP contribution < -0.4 is 5.32 Å². The average Bonchev–Trinajstić information content (AvgIpc) is 2.19. The number of hydrogen-bond donors (Lipinski definition) is 1. The van der Waals surface area contributed by atoms with Gasteiger partial charge in [-0.1, -0.05) is 25.4 Å². The van der Waals surface area contributed by atoms with Gasteiger partial charge in [-0.2, -0.15) is 0 Å². The van der Waals surface area contributed by atoms with Crippen LogP contribution in [0.15, 0.2) is 16.6 Å². The smallest absolute Gasteiger partial charge is 0.252 e. The first kappa shape index (κ1) is 13.5. The van der Waals surface area contributed by atoms with Crippen LogP contribution in [0.2, 0.25) is 5.02 Å². The van der Waals surface area contributed by atoms with Gasteiger partial charge in [-0.15, -0.1) is 0 Å². The number of benzene rings is 1. The van der Waals surface area contributed by atoms with E-state index in [1.165, 1.54) is 6.07 Å². The monoisotopic (exact) mass is 307 g/mol. The highest BCUT2D eigenvalue weighted by Gasteiger charge is 2.14. The van der Waals surface area contributed by atoms with Gasteiger partial charge >= 0.3 is 0 Å². The van der Waals surface area contributed by atoms with E-state index < -0.39 is 5.82 Å². The Morgan fingerprint density at radius 2 is 2.19 bits per heavy atom. The molecule has 0 aromatic heterocycles. The molecule has 16 heavy (non-hydrogen) atoms. The highest BCUT2D eigenvalue weighted by molar-refractivity contribution is 9.10. The molecule has 0 atom stereocenters. The molecule has 1 amide bonds. The summed E-state index contributed by atoms with van der Waals surface area (Å²) in [5.41, 5.74) is 0.147. The third-order valence-corrected chi connectivity index (χ3v) is 3.17. The van der Waals surface area contributed by atoms with Crippen LogP contribution in [0, 0.1) is 11.7 Å². The summed E-state index contributed by atoms with van der Waals surface area (Å²) in [5, 5.41) is 2.91. The second kappa shape index (κ2) is 5.64. The van der Waals surface area contributed by atoms with Gasteiger partial charge in [0.05, 0.1) is 10.6 Å². The van der Waals surface area contributed by atoms with Crippen molar-refractivity contribution in [2.75, 3.05) is 6.54 Å². The van der Waals surface area contributed by atoms with Gasteiger partial charge in [0, 0.05) is 11.0 Å². The van der Waals surface area contributed by atoms with Crippen LogP contribution in [0.1, 0.15) is 24.2 Å². The Morgan fingerprint density at radius 1 is 1.56 bits per heavy atom. The lowest BCUT2D eigenvalue weighted by atomic mass is 10.2. The van der Waals surface area contributed by atoms with E-state index in [0.29, 0.717) is 16.9 Å². The molecule has 0 radical (unpaired) electrons. The van der Waals surface area contributed by atoms with Crippen LogP contribution >= 0.6 is 27.5 Å². The predicted molar refractivity (Wildman–Crippen MR) is 66.3 cm³/mol. The second-order valence-corrected chi connectivity index (χ2v) is 5.09. The zero-order valence-electron chi connectivity index (χ0n) is 8.98. The predicted octanol–water partition coefficient (Wildman–Crippen LogP) is 3.63. The fraction of sp³-hybridized carbons (Fsp3) is 0.364. The Hall–Kier alpha value is -0.610. The number of carbonyl (C=O) groups is 1. The second-order valence-electron chi connectivity index (χ2n) is 3.85. The lowest BCUT2D eigenvalue weighted by molar-refractivity contribution is 0.0948. The summed E-state index contributed by atoms with van der Waals surface area (Å²) in [6.45, 7) is 4.48. The SMILES string of the molecule is CC(C)CNC(=O)c1cc(F)cc(Br)c1Cl. The molecule has 0 aliphatic rings. The third kappa shape index (κ3) is 3.46. The van der Waals surface area contributed by atoms with Gasteiger partial charge in [-0.3, -0.25) is 4.79 Å². The largest absolute Gasteiger partial charge is 0.352 e. The highest BCUT2D eigenvalue weighted by Crippen LogP contribution is 2.27. The van der Waals surface area contributed by atoms with Crippen molar-refractivity contribution in [3.8, 4) is 0 Å². The van der Waals surface area contributed by atoms with E-state index in [1.807, 2.05) is 13.8 Å². The van der Waals surface area contributed by atoms with Crippen LogP contribution in [0.5, 0.6) is 0 Å². The summed E-state index contributed by atoms with van der Waals surface area (Å²) in [5.74, 6) is -0.524. The molecule has 0 fully saturated rings. The molecule has 0 bridgehead atoms. The van der Waals surface area contributed by atoms with Crippen LogP contribution in [-0.4, -0.2) is 12.5 Å². The molecule has 1 N–H and O–H groups in total. The Kier molecular flexibility index (Phi) is 4.74. The Bertz CT molecular complexity index is 409. The minimum atomic E-state index is -0.494. The van der Waals surface area contributed by atoms with E-state index in [9.17, 15) is 9.18 Å². The van der Waals surface area contributed by atoms with Crippen molar-refractivity contribution >= 4 is 33.4 Å². The van der Waals surface area contributed by atoms with Gasteiger partial charge < -0.3 is 5.32 Å². The third-order valence-electron chi connectivity index (χ3n) is 1.91. The maximum Gasteiger partial charge on any atom is 0.252 e.